The normalized spacial score (nSPS) is 18.8. The molecule has 1 aromatic carbocycles. The minimum Gasteiger partial charge on any atom is -0.480 e. The molecule has 340 valence electrons. The summed E-state index contributed by atoms with van der Waals surface area (Å²) in [6.07, 6.45) is 0.599. The molecular formula is C44H75N7O9. The van der Waals surface area contributed by atoms with E-state index in [1.807, 2.05) is 78.6 Å². The molecule has 0 unspecified atom stereocenters. The SMILES string of the molecule is CC[C@H](C)[C@@H]([C@@H](CC(=O)N1CCC[C@H]1[C@H](OC)[C@@H](C)C(=O)N[C@@H](Cc1ccccc1)C(=O)O)OC)N(C)C(=O)[C@@H](NC(=O)[C@H](C(C)C)N(C)C[C@H](C)NC(=O)CN)C(C)C. The number of carbonyl (C=O) groups excluding carboxylic acids is 5. The van der Waals surface area contributed by atoms with Crippen LogP contribution in [0.2, 0.25) is 0 Å². The van der Waals surface area contributed by atoms with Crippen LogP contribution in [0.15, 0.2) is 30.3 Å². The van der Waals surface area contributed by atoms with Crippen molar-refractivity contribution in [2.45, 2.75) is 136 Å². The molecule has 1 aliphatic rings. The standard InChI is InChI=1S/C44H75N7O9/c1-13-28(6)39(50(10)43(56)37(26(2)3)48-42(55)38(27(4)5)49(9)25-29(7)46-35(52)24-45)34(59-11)23-36(53)51-21-17-20-33(51)40(60-12)30(8)41(54)47-32(44(57)58)22-31-18-15-14-16-19-31/h14-16,18-19,26-30,32-34,37-40H,13,17,20-25,45H2,1-12H3,(H,46,52)(H,47,54)(H,48,55)(H,57,58)/t28-,29-,30+,32-,33-,34+,37-,38-,39-,40+/m0/s1. The number of rotatable bonds is 25. The molecule has 1 fully saturated rings. The van der Waals surface area contributed by atoms with Crippen molar-refractivity contribution in [3.63, 3.8) is 0 Å². The average Bonchev–Trinajstić information content (AvgIpc) is 3.68. The predicted molar refractivity (Wildman–Crippen MR) is 231 cm³/mol. The number of nitrogens with zero attached hydrogens (tertiary/aromatic N) is 3. The second kappa shape index (κ2) is 25.0. The van der Waals surface area contributed by atoms with E-state index in [2.05, 4.69) is 16.0 Å². The minimum atomic E-state index is -1.15. The van der Waals surface area contributed by atoms with E-state index in [-0.39, 0.29) is 66.8 Å². The van der Waals surface area contributed by atoms with Gasteiger partial charge in [-0.3, -0.25) is 28.9 Å². The highest BCUT2D eigenvalue weighted by molar-refractivity contribution is 5.90. The van der Waals surface area contributed by atoms with Crippen LogP contribution >= 0.6 is 0 Å². The Morgan fingerprint density at radius 2 is 1.53 bits per heavy atom. The first-order valence-corrected chi connectivity index (χ1v) is 21.4. The van der Waals surface area contributed by atoms with Crippen LogP contribution in [0, 0.1) is 23.7 Å². The molecule has 0 bridgehead atoms. The first-order valence-electron chi connectivity index (χ1n) is 21.4. The lowest BCUT2D eigenvalue weighted by Gasteiger charge is -2.41. The van der Waals surface area contributed by atoms with E-state index in [0.29, 0.717) is 32.4 Å². The van der Waals surface area contributed by atoms with Crippen molar-refractivity contribution in [3.8, 4) is 0 Å². The van der Waals surface area contributed by atoms with Crippen LogP contribution in [0.3, 0.4) is 0 Å². The first kappa shape index (κ1) is 52.0. The molecule has 16 heteroatoms. The second-order valence-corrected chi connectivity index (χ2v) is 17.2. The van der Waals surface area contributed by atoms with Gasteiger partial charge in [-0.2, -0.15) is 0 Å². The summed E-state index contributed by atoms with van der Waals surface area (Å²) in [7, 11) is 6.50. The summed E-state index contributed by atoms with van der Waals surface area (Å²) >= 11 is 0. The molecule has 0 radical (unpaired) electrons. The zero-order valence-corrected chi connectivity index (χ0v) is 38.1. The molecule has 0 saturated carbocycles. The van der Waals surface area contributed by atoms with E-state index in [1.165, 1.54) is 14.2 Å². The van der Waals surface area contributed by atoms with Crippen LogP contribution in [0.4, 0.5) is 0 Å². The molecule has 0 aromatic heterocycles. The van der Waals surface area contributed by atoms with Crippen LogP contribution in [0.5, 0.6) is 0 Å². The Balaban J connectivity index is 2.28. The van der Waals surface area contributed by atoms with Gasteiger partial charge in [-0.05, 0) is 50.1 Å². The van der Waals surface area contributed by atoms with Gasteiger partial charge in [0.1, 0.15) is 12.1 Å². The van der Waals surface area contributed by atoms with Gasteiger partial charge >= 0.3 is 5.97 Å². The highest BCUT2D eigenvalue weighted by Gasteiger charge is 2.43. The van der Waals surface area contributed by atoms with Crippen LogP contribution in [0.1, 0.15) is 86.6 Å². The highest BCUT2D eigenvalue weighted by Crippen LogP contribution is 2.30. The number of carboxylic acids is 1. The third-order valence-electron chi connectivity index (χ3n) is 11.9. The maximum atomic E-state index is 14.5. The molecule has 16 nitrogen and oxygen atoms in total. The number of nitrogens with one attached hydrogen (secondary N) is 3. The van der Waals surface area contributed by atoms with E-state index in [4.69, 9.17) is 15.2 Å². The third kappa shape index (κ3) is 14.5. The molecular weight excluding hydrogens is 771 g/mol. The van der Waals surface area contributed by atoms with E-state index >= 15 is 0 Å². The predicted octanol–water partition coefficient (Wildman–Crippen LogP) is 2.28. The summed E-state index contributed by atoms with van der Waals surface area (Å²) in [6, 6.07) is 5.20. The van der Waals surface area contributed by atoms with Gasteiger partial charge in [0.15, 0.2) is 0 Å². The zero-order chi connectivity index (χ0) is 45.4. The fraction of sp³-hybridized carbons (Fsp3) is 0.727. The van der Waals surface area contributed by atoms with E-state index in [0.717, 1.165) is 5.56 Å². The Kier molecular flexibility index (Phi) is 21.6. The molecule has 2 rings (SSSR count). The summed E-state index contributed by atoms with van der Waals surface area (Å²) in [6.45, 7) is 15.8. The molecule has 1 saturated heterocycles. The van der Waals surface area contributed by atoms with Crippen LogP contribution in [-0.2, 0) is 44.7 Å². The highest BCUT2D eigenvalue weighted by atomic mass is 16.5. The quantitative estimate of drug-likeness (QED) is 0.0964. The van der Waals surface area contributed by atoms with Crippen molar-refractivity contribution in [3.05, 3.63) is 35.9 Å². The molecule has 6 N–H and O–H groups in total. The fourth-order valence-electron chi connectivity index (χ4n) is 8.57. The van der Waals surface area contributed by atoms with E-state index in [9.17, 15) is 33.9 Å². The maximum absolute atomic E-state index is 14.5. The number of ether oxygens (including phenoxy) is 2. The summed E-state index contributed by atoms with van der Waals surface area (Å²) in [4.78, 5) is 85.5. The Hall–Kier alpha value is -4.12. The summed E-state index contributed by atoms with van der Waals surface area (Å²) < 4.78 is 11.9. The molecule has 0 aliphatic carbocycles. The number of carbonyl (C=O) groups is 6. The second-order valence-electron chi connectivity index (χ2n) is 17.2. The number of hydrogen-bond donors (Lipinski definition) is 5. The minimum absolute atomic E-state index is 0.0490. The van der Waals surface area contributed by atoms with Gasteiger partial charge in [0.2, 0.25) is 29.5 Å². The van der Waals surface area contributed by atoms with Crippen molar-refractivity contribution in [2.24, 2.45) is 29.4 Å². The Bertz CT molecular complexity index is 1550. The van der Waals surface area contributed by atoms with Gasteiger partial charge in [-0.25, -0.2) is 4.79 Å². The van der Waals surface area contributed by atoms with Crippen molar-refractivity contribution < 1.29 is 43.3 Å². The van der Waals surface area contributed by atoms with E-state index < -0.39 is 60.2 Å². The number of benzene rings is 1. The van der Waals surface area contributed by atoms with Crippen molar-refractivity contribution in [1.82, 2.24) is 30.7 Å². The van der Waals surface area contributed by atoms with Gasteiger partial charge in [0.05, 0.1) is 49.2 Å². The summed E-state index contributed by atoms with van der Waals surface area (Å²) in [5.74, 6) is -4.02. The van der Waals surface area contributed by atoms with Crippen molar-refractivity contribution in [2.75, 3.05) is 47.9 Å². The largest absolute Gasteiger partial charge is 0.480 e. The monoisotopic (exact) mass is 846 g/mol. The summed E-state index contributed by atoms with van der Waals surface area (Å²) in [5, 5.41) is 18.5. The number of amides is 5. The Labute approximate surface area is 358 Å². The van der Waals surface area contributed by atoms with Gasteiger partial charge in [0, 0.05) is 46.8 Å². The summed E-state index contributed by atoms with van der Waals surface area (Å²) in [5.41, 5.74) is 6.24. The zero-order valence-electron chi connectivity index (χ0n) is 38.1. The molecule has 10 atom stereocenters. The molecule has 60 heavy (non-hydrogen) atoms. The number of nitrogens with two attached hydrogens (primary N) is 1. The first-order chi connectivity index (χ1) is 28.2. The number of hydrogen-bond acceptors (Lipinski definition) is 10. The smallest absolute Gasteiger partial charge is 0.326 e. The molecule has 1 aromatic rings. The molecule has 1 aliphatic heterocycles. The van der Waals surface area contributed by atoms with Crippen LogP contribution < -0.4 is 21.7 Å². The Morgan fingerprint density at radius 3 is 2.05 bits per heavy atom. The number of likely N-dealkylation sites (tertiary alicyclic amines) is 1. The van der Waals surface area contributed by atoms with Gasteiger partial charge in [-0.15, -0.1) is 0 Å². The average molecular weight is 846 g/mol. The third-order valence-corrected chi connectivity index (χ3v) is 11.9. The van der Waals surface area contributed by atoms with Gasteiger partial charge in [0.25, 0.3) is 0 Å². The number of carboxylic acid groups (broad SMARTS) is 1. The van der Waals surface area contributed by atoms with Gasteiger partial charge in [-0.1, -0.05) is 85.2 Å². The maximum Gasteiger partial charge on any atom is 0.326 e. The Morgan fingerprint density at radius 1 is 0.900 bits per heavy atom. The lowest BCUT2D eigenvalue weighted by atomic mass is 9.89. The lowest BCUT2D eigenvalue weighted by molar-refractivity contribution is -0.148. The number of methoxy groups -OCH3 is 2. The van der Waals surface area contributed by atoms with Crippen molar-refractivity contribution >= 4 is 35.5 Å². The lowest BCUT2D eigenvalue weighted by Crippen LogP contribution is -2.60. The van der Waals surface area contributed by atoms with Crippen LogP contribution in [-0.4, -0.2) is 152 Å². The topological polar surface area (TPSA) is 213 Å². The van der Waals surface area contributed by atoms with Gasteiger partial charge < -0.3 is 46.1 Å². The number of likely N-dealkylation sites (N-methyl/N-ethyl adjacent to an activating group) is 2. The fourth-order valence-corrected chi connectivity index (χ4v) is 8.57. The van der Waals surface area contributed by atoms with Crippen LogP contribution in [0.25, 0.3) is 0 Å². The van der Waals surface area contributed by atoms with E-state index in [1.54, 1.807) is 35.9 Å². The number of aliphatic carboxylic acids is 1. The molecule has 1 heterocycles. The van der Waals surface area contributed by atoms with Crippen molar-refractivity contribution in [1.29, 1.82) is 0 Å². The molecule has 0 spiro atoms. The molecule has 5 amide bonds.